The summed E-state index contributed by atoms with van der Waals surface area (Å²) in [5.41, 5.74) is -0.113. The third-order valence-corrected chi connectivity index (χ3v) is 3.89. The Morgan fingerprint density at radius 1 is 1.52 bits per heavy atom. The van der Waals surface area contributed by atoms with E-state index in [2.05, 4.69) is 16.0 Å². The second-order valence-electron chi connectivity index (χ2n) is 4.83. The maximum Gasteiger partial charge on any atom is 0.289 e. The van der Waals surface area contributed by atoms with Crippen LogP contribution in [0.25, 0.3) is 0 Å². The van der Waals surface area contributed by atoms with E-state index >= 15 is 0 Å². The summed E-state index contributed by atoms with van der Waals surface area (Å²) in [4.78, 5) is 18.4. The van der Waals surface area contributed by atoms with E-state index in [-0.39, 0.29) is 16.8 Å². The molecule has 2 rings (SSSR count). The van der Waals surface area contributed by atoms with Crippen molar-refractivity contribution >= 4 is 23.1 Å². The van der Waals surface area contributed by atoms with E-state index in [1.165, 1.54) is 12.3 Å². The Hall–Kier alpha value is -1.91. The van der Waals surface area contributed by atoms with Crippen molar-refractivity contribution in [2.24, 2.45) is 0 Å². The van der Waals surface area contributed by atoms with Crippen molar-refractivity contribution in [2.75, 3.05) is 31.1 Å². The second-order valence-corrected chi connectivity index (χ2v) is 5.24. The Kier molecular flexibility index (Phi) is 4.94. The number of nitriles is 1. The lowest BCUT2D eigenvalue weighted by atomic mass is 10.2. The minimum absolute atomic E-state index is 0.0626. The van der Waals surface area contributed by atoms with Crippen LogP contribution in [0.3, 0.4) is 0 Å². The zero-order valence-corrected chi connectivity index (χ0v) is 12.5. The van der Waals surface area contributed by atoms with Crippen LogP contribution in [0.15, 0.2) is 12.3 Å². The Morgan fingerprint density at radius 2 is 2.19 bits per heavy atom. The number of hydrogen-bond acceptors (Lipinski definition) is 6. The summed E-state index contributed by atoms with van der Waals surface area (Å²) in [5, 5.41) is 20.0. The molecule has 1 unspecified atom stereocenters. The minimum Gasteiger partial charge on any atom is -0.353 e. The number of hydrogen-bond donors (Lipinski definition) is 0. The van der Waals surface area contributed by atoms with E-state index in [4.69, 9.17) is 16.9 Å². The highest BCUT2D eigenvalue weighted by molar-refractivity contribution is 6.33. The normalized spacial score (nSPS) is 17.3. The summed E-state index contributed by atoms with van der Waals surface area (Å²) in [6, 6.07) is 3.56. The lowest BCUT2D eigenvalue weighted by molar-refractivity contribution is -0.385. The Labute approximate surface area is 127 Å². The topological polar surface area (TPSA) is 86.3 Å². The number of nitrogens with zero attached hydrogens (tertiary/aromatic N) is 5. The first-order valence-corrected chi connectivity index (χ1v) is 7.13. The molecule has 1 aliphatic heterocycles. The maximum atomic E-state index is 10.7. The van der Waals surface area contributed by atoms with Gasteiger partial charge in [-0.25, -0.2) is 4.98 Å². The number of halogens is 1. The molecule has 0 aliphatic carbocycles. The highest BCUT2D eigenvalue weighted by Gasteiger charge is 2.25. The van der Waals surface area contributed by atoms with Gasteiger partial charge in [0.2, 0.25) is 0 Å². The summed E-state index contributed by atoms with van der Waals surface area (Å²) >= 11 is 6.09. The van der Waals surface area contributed by atoms with Crippen LogP contribution in [0.5, 0.6) is 0 Å². The van der Waals surface area contributed by atoms with Gasteiger partial charge in [0.25, 0.3) is 5.69 Å². The summed E-state index contributed by atoms with van der Waals surface area (Å²) in [6.45, 7) is 4.89. The van der Waals surface area contributed by atoms with E-state index < -0.39 is 4.92 Å². The molecule has 1 aliphatic rings. The van der Waals surface area contributed by atoms with Gasteiger partial charge in [0.1, 0.15) is 12.0 Å². The molecule has 0 spiro atoms. The van der Waals surface area contributed by atoms with Crippen molar-refractivity contribution in [1.29, 1.82) is 5.26 Å². The number of piperazine rings is 1. The highest BCUT2D eigenvalue weighted by Crippen LogP contribution is 2.28. The third kappa shape index (κ3) is 3.40. The number of nitro groups is 1. The number of pyridine rings is 1. The van der Waals surface area contributed by atoms with Crippen LogP contribution in [0.2, 0.25) is 5.02 Å². The monoisotopic (exact) mass is 309 g/mol. The van der Waals surface area contributed by atoms with Crippen molar-refractivity contribution in [3.05, 3.63) is 27.4 Å². The first kappa shape index (κ1) is 15.5. The van der Waals surface area contributed by atoms with Crippen molar-refractivity contribution in [3.8, 4) is 6.07 Å². The first-order valence-electron chi connectivity index (χ1n) is 6.75. The Bertz CT molecular complexity index is 566. The Morgan fingerprint density at radius 3 is 2.67 bits per heavy atom. The van der Waals surface area contributed by atoms with Crippen molar-refractivity contribution in [3.63, 3.8) is 0 Å². The van der Waals surface area contributed by atoms with Gasteiger partial charge in [0, 0.05) is 32.2 Å². The van der Waals surface area contributed by atoms with Crippen LogP contribution < -0.4 is 4.90 Å². The molecule has 1 aromatic rings. The van der Waals surface area contributed by atoms with E-state index in [1.54, 1.807) is 0 Å². The predicted octanol–water partition coefficient (Wildman–Crippen LogP) is 2.07. The Balaban J connectivity index is 2.06. The van der Waals surface area contributed by atoms with E-state index in [0.29, 0.717) is 18.9 Å². The van der Waals surface area contributed by atoms with Gasteiger partial charge in [-0.15, -0.1) is 0 Å². The van der Waals surface area contributed by atoms with Crippen molar-refractivity contribution in [2.45, 2.75) is 19.4 Å². The van der Waals surface area contributed by atoms with Crippen LogP contribution in [-0.2, 0) is 0 Å². The van der Waals surface area contributed by atoms with E-state index in [0.717, 1.165) is 19.5 Å². The van der Waals surface area contributed by atoms with Gasteiger partial charge >= 0.3 is 0 Å². The van der Waals surface area contributed by atoms with Gasteiger partial charge in [0.15, 0.2) is 0 Å². The fraction of sp³-hybridized carbons (Fsp3) is 0.538. The van der Waals surface area contributed by atoms with E-state index in [1.807, 2.05) is 11.8 Å². The lowest BCUT2D eigenvalue weighted by Gasteiger charge is -2.37. The molecule has 0 bridgehead atoms. The quantitative estimate of drug-likeness (QED) is 0.625. The summed E-state index contributed by atoms with van der Waals surface area (Å²) in [6.07, 6.45) is 2.02. The predicted molar refractivity (Wildman–Crippen MR) is 79.4 cm³/mol. The lowest BCUT2D eigenvalue weighted by Crippen LogP contribution is -2.50. The first-order chi connectivity index (χ1) is 10.1. The average molecular weight is 310 g/mol. The molecule has 7 nitrogen and oxygen atoms in total. The molecule has 8 heteroatoms. The smallest absolute Gasteiger partial charge is 0.289 e. The molecule has 1 saturated heterocycles. The number of aromatic nitrogens is 1. The zero-order chi connectivity index (χ0) is 15.4. The molecule has 0 saturated carbocycles. The van der Waals surface area contributed by atoms with Gasteiger partial charge in [-0.05, 0) is 6.42 Å². The molecule has 1 aromatic heterocycles. The molecule has 0 radical (unpaired) electrons. The summed E-state index contributed by atoms with van der Waals surface area (Å²) in [7, 11) is 0. The summed E-state index contributed by atoms with van der Waals surface area (Å²) < 4.78 is 0. The second kappa shape index (κ2) is 6.70. The molecule has 0 aromatic carbocycles. The molecule has 1 fully saturated rings. The summed E-state index contributed by atoms with van der Waals surface area (Å²) in [5.74, 6) is 0.562. The highest BCUT2D eigenvalue weighted by atomic mass is 35.5. The molecule has 1 atom stereocenters. The SMILES string of the molecule is CCC(C#N)N1CCN(c2ncc([N+](=O)[O-])cc2Cl)CC1. The largest absolute Gasteiger partial charge is 0.353 e. The van der Waals surface area contributed by atoms with E-state index in [9.17, 15) is 10.1 Å². The fourth-order valence-corrected chi connectivity index (χ4v) is 2.71. The van der Waals surface area contributed by atoms with Crippen molar-refractivity contribution in [1.82, 2.24) is 9.88 Å². The fourth-order valence-electron chi connectivity index (χ4n) is 2.43. The van der Waals surface area contributed by atoms with Crippen LogP contribution in [-0.4, -0.2) is 47.0 Å². The van der Waals surface area contributed by atoms with Gasteiger partial charge in [0.05, 0.1) is 22.1 Å². The van der Waals surface area contributed by atoms with Crippen molar-refractivity contribution < 1.29 is 4.92 Å². The third-order valence-electron chi connectivity index (χ3n) is 3.61. The maximum absolute atomic E-state index is 10.7. The molecule has 2 heterocycles. The number of anilines is 1. The number of rotatable bonds is 4. The minimum atomic E-state index is -0.515. The molecule has 0 N–H and O–H groups in total. The zero-order valence-electron chi connectivity index (χ0n) is 11.7. The molecule has 21 heavy (non-hydrogen) atoms. The average Bonchev–Trinajstić information content (AvgIpc) is 2.49. The standard InChI is InChI=1S/C13H16ClN5O2/c1-2-10(8-15)17-3-5-18(6-4-17)13-12(14)7-11(9-16-13)19(20)21/h7,9-10H,2-6H2,1H3. The van der Waals surface area contributed by atoms with Crippen LogP contribution >= 0.6 is 11.6 Å². The van der Waals surface area contributed by atoms with Crippen LogP contribution in [0.4, 0.5) is 11.5 Å². The van der Waals surface area contributed by atoms with Crippen LogP contribution in [0.1, 0.15) is 13.3 Å². The molecular weight excluding hydrogens is 294 g/mol. The molecular formula is C13H16ClN5O2. The van der Waals surface area contributed by atoms with Gasteiger partial charge in [-0.3, -0.25) is 15.0 Å². The van der Waals surface area contributed by atoms with Gasteiger partial charge in [-0.1, -0.05) is 18.5 Å². The molecule has 0 amide bonds. The van der Waals surface area contributed by atoms with Gasteiger partial charge in [-0.2, -0.15) is 5.26 Å². The van der Waals surface area contributed by atoms with Crippen LogP contribution in [0, 0.1) is 21.4 Å². The molecule has 112 valence electrons. The van der Waals surface area contributed by atoms with Gasteiger partial charge < -0.3 is 4.90 Å².